The Balaban J connectivity index is 1.61. The van der Waals surface area contributed by atoms with Gasteiger partial charge in [-0.05, 0) is 12.0 Å². The molecule has 0 aromatic carbocycles. The number of alkyl halides is 3. The van der Waals surface area contributed by atoms with Crippen LogP contribution in [0.2, 0.25) is 0 Å². The lowest BCUT2D eigenvalue weighted by atomic mass is 9.78. The minimum atomic E-state index is -5.09. The van der Waals surface area contributed by atoms with Gasteiger partial charge in [-0.25, -0.2) is 4.79 Å². The molecule has 2 saturated heterocycles. The van der Waals surface area contributed by atoms with Crippen molar-refractivity contribution in [3.05, 3.63) is 11.3 Å². The van der Waals surface area contributed by atoms with E-state index in [9.17, 15) is 32.7 Å². The fraction of sp³-hybridized carbons (Fsp3) is 0.500. The van der Waals surface area contributed by atoms with Gasteiger partial charge in [-0.2, -0.15) is 13.2 Å². The molecule has 0 bridgehead atoms. The van der Waals surface area contributed by atoms with Crippen LogP contribution < -0.4 is 5.73 Å². The molecule has 4 heterocycles. The maximum Gasteiger partial charge on any atom is 0.471 e. The molecule has 14 heteroatoms. The monoisotopic (exact) mass is 435 g/mol. The minimum Gasteiger partial charge on any atom is -0.477 e. The summed E-state index contributed by atoms with van der Waals surface area (Å²) in [4.78, 5) is 37.4. The first-order chi connectivity index (χ1) is 13.1. The molecule has 1 aromatic rings. The number of amides is 2. The lowest BCUT2D eigenvalue weighted by molar-refractivity contribution is -0.198. The number of nitrogen functional groups attached to an aromatic ring is 1. The number of likely N-dealkylation sites (tertiary alicyclic amines) is 1. The summed E-state index contributed by atoms with van der Waals surface area (Å²) in [6, 6.07) is -2.07. The van der Waals surface area contributed by atoms with Crippen LogP contribution in [-0.4, -0.2) is 73.4 Å². The normalized spacial score (nSPS) is 26.4. The van der Waals surface area contributed by atoms with Crippen LogP contribution in [-0.2, 0) is 14.4 Å². The van der Waals surface area contributed by atoms with Crippen LogP contribution in [0, 0.1) is 5.92 Å². The van der Waals surface area contributed by atoms with Crippen molar-refractivity contribution >= 4 is 46.0 Å². The number of hydrogen-bond donors (Lipinski definition) is 2. The molecule has 2 fully saturated rings. The van der Waals surface area contributed by atoms with E-state index in [0.29, 0.717) is 14.8 Å². The Bertz CT molecular complexity index is 917. The van der Waals surface area contributed by atoms with E-state index in [1.807, 2.05) is 0 Å². The number of piperidine rings is 1. The molecule has 9 nitrogen and oxygen atoms in total. The van der Waals surface area contributed by atoms with Gasteiger partial charge in [0.15, 0.2) is 4.34 Å². The Morgan fingerprint density at radius 1 is 1.36 bits per heavy atom. The summed E-state index contributed by atoms with van der Waals surface area (Å²) in [6.07, 6.45) is -4.96. The number of carboxylic acid groups (broad SMARTS) is 1. The number of carbonyl (C=O) groups excluding carboxylic acids is 2. The molecule has 0 saturated carbocycles. The third kappa shape index (κ3) is 2.73. The topological polar surface area (TPSA) is 130 Å². The number of anilines is 1. The maximum absolute atomic E-state index is 12.8. The lowest BCUT2D eigenvalue weighted by Crippen LogP contribution is -2.74. The maximum atomic E-state index is 12.8. The highest BCUT2D eigenvalue weighted by atomic mass is 32.2. The van der Waals surface area contributed by atoms with E-state index in [1.54, 1.807) is 0 Å². The second kappa shape index (κ2) is 6.34. The van der Waals surface area contributed by atoms with Crippen molar-refractivity contribution in [1.82, 2.24) is 20.0 Å². The Morgan fingerprint density at radius 2 is 2.07 bits per heavy atom. The summed E-state index contributed by atoms with van der Waals surface area (Å²) in [6.45, 7) is -0.267. The molecule has 3 aliphatic heterocycles. The molecule has 1 unspecified atom stereocenters. The summed E-state index contributed by atoms with van der Waals surface area (Å²) < 4.78 is 39.0. The molecule has 0 aliphatic carbocycles. The number of halogens is 3. The molecule has 2 amide bonds. The van der Waals surface area contributed by atoms with Gasteiger partial charge >= 0.3 is 18.1 Å². The average molecular weight is 435 g/mol. The zero-order chi connectivity index (χ0) is 20.4. The highest BCUT2D eigenvalue weighted by molar-refractivity contribution is 8.01. The fourth-order valence-corrected chi connectivity index (χ4v) is 5.73. The molecule has 28 heavy (non-hydrogen) atoms. The number of nitrogens with two attached hydrogens (primary N) is 1. The molecule has 3 atom stereocenters. The van der Waals surface area contributed by atoms with Crippen molar-refractivity contribution in [2.75, 3.05) is 18.0 Å². The Kier molecular flexibility index (Phi) is 4.30. The van der Waals surface area contributed by atoms with Crippen molar-refractivity contribution in [2.45, 2.75) is 29.0 Å². The van der Waals surface area contributed by atoms with Gasteiger partial charge in [0, 0.05) is 18.2 Å². The van der Waals surface area contributed by atoms with Gasteiger partial charge in [-0.1, -0.05) is 23.1 Å². The first-order valence-corrected chi connectivity index (χ1v) is 9.80. The van der Waals surface area contributed by atoms with Gasteiger partial charge in [0.1, 0.15) is 11.7 Å². The molecule has 4 rings (SSSR count). The first-order valence-electron chi connectivity index (χ1n) is 8.00. The van der Waals surface area contributed by atoms with E-state index in [-0.39, 0.29) is 29.5 Å². The van der Waals surface area contributed by atoms with Crippen molar-refractivity contribution in [2.24, 2.45) is 5.92 Å². The quantitative estimate of drug-likeness (QED) is 0.518. The number of β-lactam (4-membered cyclic amide) rings is 1. The molecular formula is C14H12F3N5O4S2. The molecule has 1 aromatic heterocycles. The van der Waals surface area contributed by atoms with Crippen molar-refractivity contribution < 1.29 is 32.7 Å². The highest BCUT2D eigenvalue weighted by Crippen LogP contribution is 2.50. The number of nitrogens with zero attached hydrogens (tertiary/aromatic N) is 4. The van der Waals surface area contributed by atoms with Crippen LogP contribution in [0.5, 0.6) is 0 Å². The van der Waals surface area contributed by atoms with E-state index in [0.717, 1.165) is 16.2 Å². The Morgan fingerprint density at radius 3 is 2.64 bits per heavy atom. The molecule has 0 spiro atoms. The van der Waals surface area contributed by atoms with Gasteiger partial charge in [0.2, 0.25) is 5.13 Å². The Labute approximate surface area is 163 Å². The lowest BCUT2D eigenvalue weighted by Gasteiger charge is -2.53. The number of hydrogen-bond acceptors (Lipinski definition) is 8. The number of aliphatic carboxylic acids is 1. The minimum absolute atomic E-state index is 0.137. The summed E-state index contributed by atoms with van der Waals surface area (Å²) in [5.41, 5.74) is 5.74. The van der Waals surface area contributed by atoms with E-state index in [1.165, 1.54) is 11.8 Å². The predicted molar refractivity (Wildman–Crippen MR) is 90.0 cm³/mol. The molecule has 0 radical (unpaired) electrons. The van der Waals surface area contributed by atoms with E-state index in [2.05, 4.69) is 10.2 Å². The molecule has 3 aliphatic rings. The molecule has 3 N–H and O–H groups in total. The average Bonchev–Trinajstić information content (AvgIpc) is 3.17. The highest BCUT2D eigenvalue weighted by Gasteiger charge is 2.65. The van der Waals surface area contributed by atoms with Crippen molar-refractivity contribution in [3.8, 4) is 0 Å². The van der Waals surface area contributed by atoms with E-state index >= 15 is 0 Å². The smallest absolute Gasteiger partial charge is 0.471 e. The van der Waals surface area contributed by atoms with Crippen LogP contribution in [0.1, 0.15) is 6.42 Å². The number of carbonyl (C=O) groups is 3. The van der Waals surface area contributed by atoms with Crippen LogP contribution >= 0.6 is 23.1 Å². The molecular weight excluding hydrogens is 423 g/mol. The van der Waals surface area contributed by atoms with Crippen LogP contribution in [0.4, 0.5) is 18.3 Å². The third-order valence-corrected chi connectivity index (χ3v) is 6.95. The zero-order valence-electron chi connectivity index (χ0n) is 13.8. The van der Waals surface area contributed by atoms with Gasteiger partial charge in [0.25, 0.3) is 5.91 Å². The number of aromatic nitrogens is 2. The summed E-state index contributed by atoms with van der Waals surface area (Å²) in [7, 11) is 0. The second-order valence-electron chi connectivity index (χ2n) is 6.41. The number of rotatable bonds is 4. The molecule has 150 valence electrons. The summed E-state index contributed by atoms with van der Waals surface area (Å²) in [5, 5.41) is 17.3. The number of carboxylic acids is 1. The summed E-state index contributed by atoms with van der Waals surface area (Å²) in [5.74, 6) is -4.45. The van der Waals surface area contributed by atoms with Gasteiger partial charge in [0.05, 0.1) is 6.04 Å². The van der Waals surface area contributed by atoms with Crippen LogP contribution in [0.3, 0.4) is 0 Å². The third-order valence-electron chi connectivity index (χ3n) is 5.01. The Hall–Kier alpha value is -2.35. The largest absolute Gasteiger partial charge is 0.477 e. The predicted octanol–water partition coefficient (Wildman–Crippen LogP) is 0.555. The standard InChI is InChI=1S/C14H12F3N5O4S2/c15-14(16,17)11(26)21-2-1-4-5(3-27-13-20-19-12(18)28-13)7(10(24)25)22-6(4)8(21)9(22)23/h4,6,8H,1-3H2,(H2,18,19)(H,24,25)/t4?,6-,8+/m1/s1. The zero-order valence-corrected chi connectivity index (χ0v) is 15.5. The fourth-order valence-electron chi connectivity index (χ4n) is 3.99. The SMILES string of the molecule is Nc1nnc(SCC2=C(C(=O)O)N3C(=O)[C@@H]4[C@H]3C2CCN4C(=O)C(F)(F)F)s1. The number of thioether (sulfide) groups is 1. The van der Waals surface area contributed by atoms with Crippen molar-refractivity contribution in [1.29, 1.82) is 0 Å². The van der Waals surface area contributed by atoms with Gasteiger partial charge < -0.3 is 15.7 Å². The van der Waals surface area contributed by atoms with Gasteiger partial charge in [-0.15, -0.1) is 10.2 Å². The van der Waals surface area contributed by atoms with Crippen LogP contribution in [0.15, 0.2) is 15.6 Å². The first kappa shape index (κ1) is 19.0. The van der Waals surface area contributed by atoms with Crippen LogP contribution in [0.25, 0.3) is 0 Å². The van der Waals surface area contributed by atoms with Crippen molar-refractivity contribution in [3.63, 3.8) is 0 Å². The van der Waals surface area contributed by atoms with E-state index < -0.39 is 42.0 Å². The van der Waals surface area contributed by atoms with Gasteiger partial charge in [-0.3, -0.25) is 14.5 Å². The summed E-state index contributed by atoms with van der Waals surface area (Å²) >= 11 is 2.31. The van der Waals surface area contributed by atoms with E-state index in [4.69, 9.17) is 5.73 Å². The second-order valence-corrected chi connectivity index (χ2v) is 8.64.